The van der Waals surface area contributed by atoms with E-state index in [-0.39, 0.29) is 10.8 Å². The van der Waals surface area contributed by atoms with Gasteiger partial charge in [-0.05, 0) is 82.0 Å². The highest BCUT2D eigenvalue weighted by Crippen LogP contribution is 2.46. The summed E-state index contributed by atoms with van der Waals surface area (Å²) >= 11 is 0. The van der Waals surface area contributed by atoms with Gasteiger partial charge in [0.1, 0.15) is 0 Å². The molecule has 0 bridgehead atoms. The van der Waals surface area contributed by atoms with Gasteiger partial charge in [-0.1, -0.05) is 58.0 Å². The molecule has 0 spiro atoms. The molecule has 0 atom stereocenters. The molecule has 26 heavy (non-hydrogen) atoms. The highest BCUT2D eigenvalue weighted by Gasteiger charge is 2.36. The van der Waals surface area contributed by atoms with Crippen LogP contribution in [0.1, 0.15) is 80.3 Å². The molecule has 0 heterocycles. The summed E-state index contributed by atoms with van der Waals surface area (Å²) in [6, 6.07) is 15.4. The normalized spacial score (nSPS) is 21.1. The summed E-state index contributed by atoms with van der Waals surface area (Å²) in [5.74, 6) is 0. The third-order valence-electron chi connectivity index (χ3n) is 6.46. The number of hydrogen-bond donors (Lipinski definition) is 0. The fourth-order valence-corrected chi connectivity index (χ4v) is 4.63. The quantitative estimate of drug-likeness (QED) is 0.589. The molecule has 1 heteroatoms. The Bertz CT molecular complexity index is 951. The standard InChI is InChI=1S/C25H27N/c1-24(2)11-12-25(3,4)23-15-17(6-10-22(23)24)13-19-7-8-20-14-18(16-26)5-9-21(19)20/h5-6,9-10,13-15H,7-8,11-12H2,1-4H3/b19-13-. The molecule has 132 valence electrons. The number of nitrogens with zero attached hydrogens (tertiary/aromatic N) is 1. The summed E-state index contributed by atoms with van der Waals surface area (Å²) < 4.78 is 0. The molecule has 0 radical (unpaired) electrons. The van der Waals surface area contributed by atoms with Crippen molar-refractivity contribution in [2.45, 2.75) is 64.2 Å². The summed E-state index contributed by atoms with van der Waals surface area (Å²) in [6.45, 7) is 9.51. The van der Waals surface area contributed by atoms with Crippen LogP contribution in [0.2, 0.25) is 0 Å². The van der Waals surface area contributed by atoms with Crippen molar-refractivity contribution < 1.29 is 0 Å². The van der Waals surface area contributed by atoms with Gasteiger partial charge in [0.05, 0.1) is 11.6 Å². The number of rotatable bonds is 1. The molecule has 0 amide bonds. The summed E-state index contributed by atoms with van der Waals surface area (Å²) in [7, 11) is 0. The zero-order valence-electron chi connectivity index (χ0n) is 16.3. The second-order valence-corrected chi connectivity index (χ2v) is 9.23. The van der Waals surface area contributed by atoms with Crippen molar-refractivity contribution in [1.82, 2.24) is 0 Å². The maximum atomic E-state index is 9.11. The van der Waals surface area contributed by atoms with Crippen LogP contribution in [0.5, 0.6) is 0 Å². The highest BCUT2D eigenvalue weighted by atomic mass is 14.4. The van der Waals surface area contributed by atoms with Gasteiger partial charge in [-0.2, -0.15) is 5.26 Å². The minimum Gasteiger partial charge on any atom is -0.192 e. The van der Waals surface area contributed by atoms with E-state index in [4.69, 9.17) is 5.26 Å². The molecule has 0 saturated heterocycles. The predicted molar refractivity (Wildman–Crippen MR) is 109 cm³/mol. The largest absolute Gasteiger partial charge is 0.192 e. The Morgan fingerprint density at radius 3 is 2.35 bits per heavy atom. The van der Waals surface area contributed by atoms with Crippen LogP contribution in [0.25, 0.3) is 11.6 Å². The fourth-order valence-electron chi connectivity index (χ4n) is 4.63. The van der Waals surface area contributed by atoms with Gasteiger partial charge in [-0.15, -0.1) is 0 Å². The minimum absolute atomic E-state index is 0.245. The first kappa shape index (κ1) is 17.1. The molecular formula is C25H27N. The molecule has 0 fully saturated rings. The van der Waals surface area contributed by atoms with Crippen molar-refractivity contribution in [3.63, 3.8) is 0 Å². The molecule has 0 saturated carbocycles. The Kier molecular flexibility index (Phi) is 3.85. The topological polar surface area (TPSA) is 23.8 Å². The lowest BCUT2D eigenvalue weighted by atomic mass is 9.63. The number of hydrogen-bond acceptors (Lipinski definition) is 1. The van der Waals surface area contributed by atoms with E-state index in [2.05, 4.69) is 70.2 Å². The van der Waals surface area contributed by atoms with Crippen LogP contribution >= 0.6 is 0 Å². The molecule has 2 aliphatic rings. The van der Waals surface area contributed by atoms with Gasteiger partial charge in [0, 0.05) is 0 Å². The van der Waals surface area contributed by atoms with Gasteiger partial charge in [0.25, 0.3) is 0 Å². The lowest BCUT2D eigenvalue weighted by molar-refractivity contribution is 0.332. The number of allylic oxidation sites excluding steroid dienone is 1. The van der Waals surface area contributed by atoms with Gasteiger partial charge >= 0.3 is 0 Å². The highest BCUT2D eigenvalue weighted by molar-refractivity contribution is 5.85. The van der Waals surface area contributed by atoms with Gasteiger partial charge in [0.15, 0.2) is 0 Å². The first-order valence-corrected chi connectivity index (χ1v) is 9.69. The van der Waals surface area contributed by atoms with E-state index >= 15 is 0 Å². The third-order valence-corrected chi connectivity index (χ3v) is 6.46. The molecule has 0 aromatic heterocycles. The summed E-state index contributed by atoms with van der Waals surface area (Å²) in [5, 5.41) is 9.11. The van der Waals surface area contributed by atoms with Crippen molar-refractivity contribution in [3.05, 3.63) is 69.8 Å². The zero-order valence-corrected chi connectivity index (χ0v) is 16.3. The van der Waals surface area contributed by atoms with Crippen molar-refractivity contribution >= 4 is 11.6 Å². The van der Waals surface area contributed by atoms with E-state index in [9.17, 15) is 0 Å². The van der Waals surface area contributed by atoms with Crippen molar-refractivity contribution in [1.29, 1.82) is 5.26 Å². The Labute approximate surface area is 157 Å². The molecule has 4 rings (SSSR count). The monoisotopic (exact) mass is 341 g/mol. The maximum absolute atomic E-state index is 9.11. The first-order valence-electron chi connectivity index (χ1n) is 9.69. The average molecular weight is 341 g/mol. The van der Waals surface area contributed by atoms with Crippen LogP contribution in [0.4, 0.5) is 0 Å². The molecule has 2 aromatic carbocycles. The minimum atomic E-state index is 0.245. The Morgan fingerprint density at radius 1 is 0.885 bits per heavy atom. The molecular weight excluding hydrogens is 314 g/mol. The average Bonchev–Trinajstić information content (AvgIpc) is 3.01. The number of aryl methyl sites for hydroxylation is 1. The van der Waals surface area contributed by atoms with Crippen LogP contribution in [0, 0.1) is 11.3 Å². The third kappa shape index (κ3) is 2.78. The first-order chi connectivity index (χ1) is 12.3. The second-order valence-electron chi connectivity index (χ2n) is 9.23. The summed E-state index contributed by atoms with van der Waals surface area (Å²) in [4.78, 5) is 0. The van der Waals surface area contributed by atoms with Crippen LogP contribution in [-0.4, -0.2) is 0 Å². The van der Waals surface area contributed by atoms with Gasteiger partial charge in [-0.25, -0.2) is 0 Å². The molecule has 0 N–H and O–H groups in total. The zero-order chi connectivity index (χ0) is 18.5. The maximum Gasteiger partial charge on any atom is 0.0991 e. The van der Waals surface area contributed by atoms with Gasteiger partial charge in [0.2, 0.25) is 0 Å². The van der Waals surface area contributed by atoms with Crippen molar-refractivity contribution in [2.75, 3.05) is 0 Å². The van der Waals surface area contributed by atoms with Gasteiger partial charge < -0.3 is 0 Å². The summed E-state index contributed by atoms with van der Waals surface area (Å²) in [6.07, 6.45) is 6.96. The van der Waals surface area contributed by atoms with Crippen LogP contribution in [0.3, 0.4) is 0 Å². The van der Waals surface area contributed by atoms with Crippen molar-refractivity contribution in [2.24, 2.45) is 0 Å². The summed E-state index contributed by atoms with van der Waals surface area (Å²) in [5.41, 5.74) is 9.65. The van der Waals surface area contributed by atoms with Crippen molar-refractivity contribution in [3.8, 4) is 6.07 Å². The van der Waals surface area contributed by atoms with E-state index < -0.39 is 0 Å². The number of benzene rings is 2. The SMILES string of the molecule is CC1(C)CCC(C)(C)c2cc(/C=C3/CCc4cc(C#N)ccc43)ccc21. The lowest BCUT2D eigenvalue weighted by Crippen LogP contribution is -2.33. The van der Waals surface area contributed by atoms with Crippen LogP contribution < -0.4 is 0 Å². The molecule has 2 aromatic rings. The van der Waals surface area contributed by atoms with E-state index in [1.165, 1.54) is 46.2 Å². The van der Waals surface area contributed by atoms with E-state index in [1.54, 1.807) is 0 Å². The lowest BCUT2D eigenvalue weighted by Gasteiger charge is -2.42. The number of nitriles is 1. The Hall–Kier alpha value is -2.33. The molecule has 1 nitrogen and oxygen atoms in total. The number of fused-ring (bicyclic) bond motifs is 2. The van der Waals surface area contributed by atoms with E-state index in [0.717, 1.165) is 18.4 Å². The van der Waals surface area contributed by atoms with Crippen LogP contribution in [0.15, 0.2) is 36.4 Å². The molecule has 0 aliphatic heterocycles. The molecule has 2 aliphatic carbocycles. The predicted octanol–water partition coefficient (Wildman–Crippen LogP) is 6.39. The van der Waals surface area contributed by atoms with E-state index in [0.29, 0.717) is 0 Å². The van der Waals surface area contributed by atoms with E-state index in [1.807, 2.05) is 6.07 Å². The smallest absolute Gasteiger partial charge is 0.0991 e. The van der Waals surface area contributed by atoms with Gasteiger partial charge in [-0.3, -0.25) is 0 Å². The second kappa shape index (κ2) is 5.85. The van der Waals surface area contributed by atoms with Crippen LogP contribution in [-0.2, 0) is 17.3 Å². The molecule has 0 unspecified atom stereocenters. The fraction of sp³-hybridized carbons (Fsp3) is 0.400. The Balaban J connectivity index is 1.76. The Morgan fingerprint density at radius 2 is 1.62 bits per heavy atom.